The van der Waals surface area contributed by atoms with Crippen LogP contribution in [-0.4, -0.2) is 16.0 Å². The van der Waals surface area contributed by atoms with Gasteiger partial charge in [0.25, 0.3) is 0 Å². The molecule has 1 heterocycles. The Bertz CT molecular complexity index is 364. The minimum atomic E-state index is 0.529. The fourth-order valence-corrected chi connectivity index (χ4v) is 2.32. The molecule has 2 rings (SSSR count). The highest BCUT2D eigenvalue weighted by molar-refractivity contribution is 5.54. The third-order valence-corrected chi connectivity index (χ3v) is 3.56. The van der Waals surface area contributed by atoms with Crippen LogP contribution in [0.5, 0.6) is 0 Å². The van der Waals surface area contributed by atoms with Gasteiger partial charge in [-0.25, -0.2) is 9.97 Å². The van der Waals surface area contributed by atoms with Crippen molar-refractivity contribution in [2.45, 2.75) is 45.6 Å². The van der Waals surface area contributed by atoms with E-state index < -0.39 is 0 Å². The minimum Gasteiger partial charge on any atom is -0.383 e. The summed E-state index contributed by atoms with van der Waals surface area (Å²) in [6.07, 6.45) is 6.71. The summed E-state index contributed by atoms with van der Waals surface area (Å²) in [6, 6.07) is 0.529. The zero-order valence-electron chi connectivity index (χ0n) is 10.0. The summed E-state index contributed by atoms with van der Waals surface area (Å²) in [5, 5.41) is 3.51. The number of rotatable bonds is 2. The zero-order chi connectivity index (χ0) is 11.5. The summed E-state index contributed by atoms with van der Waals surface area (Å²) < 4.78 is 0. The van der Waals surface area contributed by atoms with E-state index in [0.29, 0.717) is 17.8 Å². The molecule has 0 spiro atoms. The smallest absolute Gasteiger partial charge is 0.134 e. The van der Waals surface area contributed by atoms with Crippen molar-refractivity contribution in [2.75, 3.05) is 11.1 Å². The lowest BCUT2D eigenvalue weighted by Crippen LogP contribution is -2.31. The Balaban J connectivity index is 2.10. The molecule has 1 aromatic rings. The van der Waals surface area contributed by atoms with Crippen LogP contribution in [0.2, 0.25) is 0 Å². The first-order valence-electron chi connectivity index (χ1n) is 6.02. The Morgan fingerprint density at radius 2 is 2.06 bits per heavy atom. The van der Waals surface area contributed by atoms with Crippen molar-refractivity contribution in [3.63, 3.8) is 0 Å². The van der Waals surface area contributed by atoms with E-state index >= 15 is 0 Å². The van der Waals surface area contributed by atoms with Crippen LogP contribution >= 0.6 is 0 Å². The summed E-state index contributed by atoms with van der Waals surface area (Å²) in [7, 11) is 0. The molecule has 0 bridgehead atoms. The number of nitrogen functional groups attached to an aromatic ring is 1. The van der Waals surface area contributed by atoms with Crippen LogP contribution in [0.15, 0.2) is 6.33 Å². The molecule has 0 amide bonds. The summed E-state index contributed by atoms with van der Waals surface area (Å²) in [6.45, 7) is 4.27. The SMILES string of the molecule is Cc1c(N)ncnc1NC1CCCCC1C. The maximum absolute atomic E-state index is 5.77. The molecule has 1 aliphatic rings. The average molecular weight is 220 g/mol. The van der Waals surface area contributed by atoms with Gasteiger partial charge in [0, 0.05) is 11.6 Å². The van der Waals surface area contributed by atoms with Gasteiger partial charge in [-0.3, -0.25) is 0 Å². The molecule has 1 aromatic heterocycles. The van der Waals surface area contributed by atoms with Gasteiger partial charge in [-0.05, 0) is 25.7 Å². The van der Waals surface area contributed by atoms with Gasteiger partial charge in [0.1, 0.15) is 18.0 Å². The largest absolute Gasteiger partial charge is 0.383 e. The molecule has 0 radical (unpaired) electrons. The Hall–Kier alpha value is -1.32. The van der Waals surface area contributed by atoms with Crippen LogP contribution in [0.1, 0.15) is 38.2 Å². The predicted octanol–water partition coefficient (Wildman–Crippen LogP) is 2.36. The summed E-state index contributed by atoms with van der Waals surface area (Å²) in [5.74, 6) is 2.18. The zero-order valence-corrected chi connectivity index (χ0v) is 10.0. The van der Waals surface area contributed by atoms with Crippen LogP contribution in [0.4, 0.5) is 11.6 Å². The third kappa shape index (κ3) is 2.26. The van der Waals surface area contributed by atoms with Crippen molar-refractivity contribution in [3.05, 3.63) is 11.9 Å². The molecule has 4 heteroatoms. The molecule has 16 heavy (non-hydrogen) atoms. The predicted molar refractivity (Wildman–Crippen MR) is 66.2 cm³/mol. The van der Waals surface area contributed by atoms with Crippen LogP contribution < -0.4 is 11.1 Å². The van der Waals surface area contributed by atoms with Gasteiger partial charge in [0.2, 0.25) is 0 Å². The van der Waals surface area contributed by atoms with Crippen molar-refractivity contribution < 1.29 is 0 Å². The van der Waals surface area contributed by atoms with Gasteiger partial charge in [0.15, 0.2) is 0 Å². The maximum atomic E-state index is 5.77. The van der Waals surface area contributed by atoms with Gasteiger partial charge in [-0.15, -0.1) is 0 Å². The molecule has 4 nitrogen and oxygen atoms in total. The monoisotopic (exact) mass is 220 g/mol. The van der Waals surface area contributed by atoms with E-state index in [4.69, 9.17) is 5.73 Å². The van der Waals surface area contributed by atoms with Crippen molar-refractivity contribution in [3.8, 4) is 0 Å². The molecule has 1 fully saturated rings. The summed E-state index contributed by atoms with van der Waals surface area (Å²) >= 11 is 0. The second-order valence-corrected chi connectivity index (χ2v) is 4.75. The van der Waals surface area contributed by atoms with Crippen LogP contribution in [0.3, 0.4) is 0 Å². The Labute approximate surface area is 96.7 Å². The van der Waals surface area contributed by atoms with Crippen molar-refractivity contribution in [1.29, 1.82) is 0 Å². The number of nitrogens with one attached hydrogen (secondary N) is 1. The maximum Gasteiger partial charge on any atom is 0.134 e. The van der Waals surface area contributed by atoms with E-state index in [0.717, 1.165) is 11.4 Å². The molecule has 0 aliphatic heterocycles. The third-order valence-electron chi connectivity index (χ3n) is 3.56. The van der Waals surface area contributed by atoms with E-state index in [-0.39, 0.29) is 0 Å². The van der Waals surface area contributed by atoms with Gasteiger partial charge < -0.3 is 11.1 Å². The molecular formula is C12H20N4. The average Bonchev–Trinajstić information content (AvgIpc) is 2.28. The summed E-state index contributed by atoms with van der Waals surface area (Å²) in [4.78, 5) is 8.24. The van der Waals surface area contributed by atoms with E-state index in [9.17, 15) is 0 Å². The lowest BCUT2D eigenvalue weighted by molar-refractivity contribution is 0.349. The number of hydrogen-bond acceptors (Lipinski definition) is 4. The fraction of sp³-hybridized carbons (Fsp3) is 0.667. The summed E-state index contributed by atoms with van der Waals surface area (Å²) in [5.41, 5.74) is 6.73. The first-order chi connectivity index (χ1) is 7.68. The second-order valence-electron chi connectivity index (χ2n) is 4.75. The van der Waals surface area contributed by atoms with Crippen molar-refractivity contribution in [2.24, 2.45) is 5.92 Å². The Kier molecular flexibility index (Phi) is 3.27. The lowest BCUT2D eigenvalue weighted by Gasteiger charge is -2.30. The molecule has 88 valence electrons. The molecule has 1 aliphatic carbocycles. The second kappa shape index (κ2) is 4.68. The van der Waals surface area contributed by atoms with E-state index in [2.05, 4.69) is 22.2 Å². The molecule has 1 saturated carbocycles. The minimum absolute atomic E-state index is 0.529. The number of nitrogens with two attached hydrogens (primary N) is 1. The van der Waals surface area contributed by atoms with Gasteiger partial charge in [0.05, 0.1) is 0 Å². The van der Waals surface area contributed by atoms with Crippen molar-refractivity contribution >= 4 is 11.6 Å². The molecule has 2 atom stereocenters. The van der Waals surface area contributed by atoms with E-state index in [1.807, 2.05) is 6.92 Å². The van der Waals surface area contributed by atoms with Crippen LogP contribution in [0.25, 0.3) is 0 Å². The van der Waals surface area contributed by atoms with Crippen molar-refractivity contribution in [1.82, 2.24) is 9.97 Å². The van der Waals surface area contributed by atoms with Gasteiger partial charge in [-0.2, -0.15) is 0 Å². The standard InChI is InChI=1S/C12H20N4/c1-8-5-3-4-6-10(8)16-12-9(2)11(13)14-7-15-12/h7-8,10H,3-6H2,1-2H3,(H3,13,14,15,16). The fourth-order valence-electron chi connectivity index (χ4n) is 2.32. The Morgan fingerprint density at radius 3 is 2.81 bits per heavy atom. The molecule has 0 aromatic carbocycles. The molecular weight excluding hydrogens is 200 g/mol. The lowest BCUT2D eigenvalue weighted by atomic mass is 9.86. The topological polar surface area (TPSA) is 63.8 Å². The van der Waals surface area contributed by atoms with E-state index in [1.54, 1.807) is 0 Å². The molecule has 0 saturated heterocycles. The van der Waals surface area contributed by atoms with Gasteiger partial charge >= 0.3 is 0 Å². The quantitative estimate of drug-likeness (QED) is 0.803. The number of hydrogen-bond donors (Lipinski definition) is 2. The van der Waals surface area contributed by atoms with E-state index in [1.165, 1.54) is 32.0 Å². The molecule has 3 N–H and O–H groups in total. The number of nitrogens with zero attached hydrogens (tertiary/aromatic N) is 2. The number of aromatic nitrogens is 2. The molecule has 2 unspecified atom stereocenters. The first kappa shape index (κ1) is 11.2. The Morgan fingerprint density at radius 1 is 1.31 bits per heavy atom. The van der Waals surface area contributed by atoms with Gasteiger partial charge in [-0.1, -0.05) is 19.8 Å². The highest BCUT2D eigenvalue weighted by Crippen LogP contribution is 2.27. The highest BCUT2D eigenvalue weighted by atomic mass is 15.1. The van der Waals surface area contributed by atoms with Crippen LogP contribution in [-0.2, 0) is 0 Å². The first-order valence-corrected chi connectivity index (χ1v) is 6.02. The van der Waals surface area contributed by atoms with Crippen LogP contribution in [0, 0.1) is 12.8 Å². The number of anilines is 2. The normalized spacial score (nSPS) is 25.4. The highest BCUT2D eigenvalue weighted by Gasteiger charge is 2.22.